The molecule has 124 valence electrons. The fourth-order valence-corrected chi connectivity index (χ4v) is 3.34. The third-order valence-electron chi connectivity index (χ3n) is 3.86. The number of carbonyl (C=O) groups is 2. The number of imide groups is 1. The molecule has 0 aliphatic carbocycles. The van der Waals surface area contributed by atoms with E-state index in [1.54, 1.807) is 7.11 Å². The lowest BCUT2D eigenvalue weighted by atomic mass is 10.1. The first-order chi connectivity index (χ1) is 11.6. The Labute approximate surface area is 144 Å². The van der Waals surface area contributed by atoms with Gasteiger partial charge in [0, 0.05) is 17.7 Å². The summed E-state index contributed by atoms with van der Waals surface area (Å²) in [7, 11) is 1.55. The average Bonchev–Trinajstić information content (AvgIpc) is 3.16. The van der Waals surface area contributed by atoms with Gasteiger partial charge < -0.3 is 10.1 Å². The molecular formula is C18H18N2O3S. The number of hydrogen-bond acceptors (Lipinski definition) is 5. The second-order valence-corrected chi connectivity index (χ2v) is 6.37. The Bertz CT molecular complexity index is 796. The van der Waals surface area contributed by atoms with Crippen LogP contribution in [-0.4, -0.2) is 37.0 Å². The topological polar surface area (TPSA) is 58.6 Å². The van der Waals surface area contributed by atoms with Gasteiger partial charge in [0.25, 0.3) is 11.8 Å². The second kappa shape index (κ2) is 6.98. The highest BCUT2D eigenvalue weighted by atomic mass is 32.1. The predicted octanol–water partition coefficient (Wildman–Crippen LogP) is 2.89. The Morgan fingerprint density at radius 2 is 1.92 bits per heavy atom. The number of para-hydroxylation sites is 1. The van der Waals surface area contributed by atoms with Crippen molar-refractivity contribution in [2.45, 2.75) is 6.92 Å². The molecule has 2 heterocycles. The quantitative estimate of drug-likeness (QED) is 0.820. The number of thiophene rings is 1. The Hall–Kier alpha value is -2.44. The molecule has 1 aliphatic heterocycles. The number of rotatable bonds is 6. The minimum Gasteiger partial charge on any atom is -0.383 e. The van der Waals surface area contributed by atoms with Crippen LogP contribution in [0, 0.1) is 6.92 Å². The van der Waals surface area contributed by atoms with Crippen molar-refractivity contribution in [3.05, 3.63) is 57.9 Å². The van der Waals surface area contributed by atoms with E-state index < -0.39 is 0 Å². The summed E-state index contributed by atoms with van der Waals surface area (Å²) < 4.78 is 5.02. The number of methoxy groups -OCH3 is 1. The Kier molecular flexibility index (Phi) is 4.78. The zero-order chi connectivity index (χ0) is 17.1. The van der Waals surface area contributed by atoms with Gasteiger partial charge in [-0.05, 0) is 30.0 Å². The van der Waals surface area contributed by atoms with E-state index in [0.29, 0.717) is 17.9 Å². The van der Waals surface area contributed by atoms with E-state index in [-0.39, 0.29) is 18.4 Å². The van der Waals surface area contributed by atoms with Crippen molar-refractivity contribution in [3.63, 3.8) is 0 Å². The summed E-state index contributed by atoms with van der Waals surface area (Å²) in [6, 6.07) is 11.4. The molecular weight excluding hydrogens is 324 g/mol. The molecule has 6 heteroatoms. The average molecular weight is 342 g/mol. The third-order valence-corrected chi connectivity index (χ3v) is 4.75. The van der Waals surface area contributed by atoms with Crippen LogP contribution in [0.25, 0.3) is 5.57 Å². The zero-order valence-corrected chi connectivity index (χ0v) is 14.4. The fraction of sp³-hybridized carbons (Fsp3) is 0.222. The van der Waals surface area contributed by atoms with Gasteiger partial charge in [0.2, 0.25) is 0 Å². The second-order valence-electron chi connectivity index (χ2n) is 5.42. The molecule has 1 N–H and O–H groups in total. The molecule has 0 radical (unpaired) electrons. The number of nitrogens with zero attached hydrogens (tertiary/aromatic N) is 1. The SMILES string of the molecule is COCCN1C(=O)C(Nc2ccccc2C)=C(c2cccs2)C1=O. The van der Waals surface area contributed by atoms with Crippen molar-refractivity contribution in [2.75, 3.05) is 25.6 Å². The lowest BCUT2D eigenvalue weighted by Gasteiger charge is -2.14. The first-order valence-electron chi connectivity index (χ1n) is 7.59. The lowest BCUT2D eigenvalue weighted by molar-refractivity contribution is -0.137. The van der Waals surface area contributed by atoms with Gasteiger partial charge in [0.1, 0.15) is 5.70 Å². The van der Waals surface area contributed by atoms with Gasteiger partial charge in [-0.15, -0.1) is 11.3 Å². The van der Waals surface area contributed by atoms with Gasteiger partial charge in [-0.25, -0.2) is 0 Å². The van der Waals surface area contributed by atoms with E-state index in [0.717, 1.165) is 16.1 Å². The van der Waals surface area contributed by atoms with Crippen LogP contribution in [0.1, 0.15) is 10.4 Å². The van der Waals surface area contributed by atoms with Crippen LogP contribution in [0.5, 0.6) is 0 Å². The van der Waals surface area contributed by atoms with Crippen molar-refractivity contribution in [1.29, 1.82) is 0 Å². The first kappa shape index (κ1) is 16.4. The molecule has 1 aliphatic rings. The number of hydrogen-bond donors (Lipinski definition) is 1. The number of anilines is 1. The molecule has 0 unspecified atom stereocenters. The predicted molar refractivity (Wildman–Crippen MR) is 94.6 cm³/mol. The maximum absolute atomic E-state index is 12.8. The van der Waals surface area contributed by atoms with Crippen molar-refractivity contribution >= 4 is 34.4 Å². The van der Waals surface area contributed by atoms with Crippen molar-refractivity contribution in [1.82, 2.24) is 4.90 Å². The molecule has 24 heavy (non-hydrogen) atoms. The molecule has 3 rings (SSSR count). The van der Waals surface area contributed by atoms with E-state index in [1.807, 2.05) is 48.7 Å². The largest absolute Gasteiger partial charge is 0.383 e. The molecule has 0 fully saturated rings. The van der Waals surface area contributed by atoms with Gasteiger partial charge in [-0.2, -0.15) is 0 Å². The van der Waals surface area contributed by atoms with E-state index >= 15 is 0 Å². The van der Waals surface area contributed by atoms with E-state index in [4.69, 9.17) is 4.74 Å². The zero-order valence-electron chi connectivity index (χ0n) is 13.5. The molecule has 2 amide bonds. The van der Waals surface area contributed by atoms with Crippen LogP contribution in [0.15, 0.2) is 47.5 Å². The van der Waals surface area contributed by atoms with Crippen molar-refractivity contribution in [3.8, 4) is 0 Å². The van der Waals surface area contributed by atoms with Crippen LogP contribution < -0.4 is 5.32 Å². The fourth-order valence-electron chi connectivity index (χ4n) is 2.57. The van der Waals surface area contributed by atoms with Crippen LogP contribution >= 0.6 is 11.3 Å². The summed E-state index contributed by atoms with van der Waals surface area (Å²) in [5.41, 5.74) is 2.57. The summed E-state index contributed by atoms with van der Waals surface area (Å²) >= 11 is 1.44. The van der Waals surface area contributed by atoms with Crippen LogP contribution in [-0.2, 0) is 14.3 Å². The lowest BCUT2D eigenvalue weighted by Crippen LogP contribution is -2.35. The van der Waals surface area contributed by atoms with Gasteiger partial charge in [0.05, 0.1) is 18.7 Å². The summed E-state index contributed by atoms with van der Waals surface area (Å²) in [4.78, 5) is 27.6. The highest BCUT2D eigenvalue weighted by Gasteiger charge is 2.39. The Balaban J connectivity index is 2.01. The summed E-state index contributed by atoms with van der Waals surface area (Å²) in [6.07, 6.45) is 0. The summed E-state index contributed by atoms with van der Waals surface area (Å²) in [5, 5.41) is 5.06. The van der Waals surface area contributed by atoms with Crippen LogP contribution in [0.2, 0.25) is 0 Å². The van der Waals surface area contributed by atoms with E-state index in [2.05, 4.69) is 5.32 Å². The van der Waals surface area contributed by atoms with E-state index in [9.17, 15) is 9.59 Å². The highest BCUT2D eigenvalue weighted by molar-refractivity contribution is 7.11. The molecule has 1 aromatic carbocycles. The number of ether oxygens (including phenoxy) is 1. The van der Waals surface area contributed by atoms with Gasteiger partial charge in [0.15, 0.2) is 0 Å². The highest BCUT2D eigenvalue weighted by Crippen LogP contribution is 2.33. The minimum atomic E-state index is -0.316. The number of benzene rings is 1. The number of nitrogens with one attached hydrogen (secondary N) is 1. The van der Waals surface area contributed by atoms with E-state index in [1.165, 1.54) is 16.2 Å². The summed E-state index contributed by atoms with van der Waals surface area (Å²) in [6.45, 7) is 2.51. The molecule has 0 bridgehead atoms. The smallest absolute Gasteiger partial charge is 0.278 e. The maximum Gasteiger partial charge on any atom is 0.278 e. The normalized spacial score (nSPS) is 14.7. The summed E-state index contributed by atoms with van der Waals surface area (Å²) in [5.74, 6) is -0.598. The molecule has 0 atom stereocenters. The van der Waals surface area contributed by atoms with Crippen LogP contribution in [0.3, 0.4) is 0 Å². The third kappa shape index (κ3) is 2.98. The Morgan fingerprint density at radius 1 is 1.12 bits per heavy atom. The van der Waals surface area contributed by atoms with Gasteiger partial charge in [-0.3, -0.25) is 14.5 Å². The number of aryl methyl sites for hydroxylation is 1. The van der Waals surface area contributed by atoms with Crippen molar-refractivity contribution in [2.24, 2.45) is 0 Å². The number of amides is 2. The van der Waals surface area contributed by atoms with Crippen molar-refractivity contribution < 1.29 is 14.3 Å². The monoisotopic (exact) mass is 342 g/mol. The molecule has 0 saturated heterocycles. The van der Waals surface area contributed by atoms with Gasteiger partial charge >= 0.3 is 0 Å². The molecule has 0 spiro atoms. The Morgan fingerprint density at radius 3 is 2.58 bits per heavy atom. The number of carbonyl (C=O) groups excluding carboxylic acids is 2. The minimum absolute atomic E-state index is 0.238. The van der Waals surface area contributed by atoms with Gasteiger partial charge in [-0.1, -0.05) is 24.3 Å². The standard InChI is InChI=1S/C18H18N2O3S/c1-12-6-3-4-7-13(12)19-16-15(14-8-5-11-24-14)17(21)20(18(16)22)9-10-23-2/h3-8,11,19H,9-10H2,1-2H3. The maximum atomic E-state index is 12.8. The first-order valence-corrected chi connectivity index (χ1v) is 8.47. The molecule has 1 aromatic heterocycles. The van der Waals surface area contributed by atoms with Crippen LogP contribution in [0.4, 0.5) is 5.69 Å². The molecule has 0 saturated carbocycles. The molecule has 5 nitrogen and oxygen atoms in total. The molecule has 2 aromatic rings.